The minimum Gasteiger partial charge on any atom is -0.465 e. The smallest absolute Gasteiger partial charge is 0.412 e. The first-order valence-electron chi connectivity index (χ1n) is 10.3. The van der Waals surface area contributed by atoms with Gasteiger partial charge in [0.05, 0.1) is 16.4 Å². The average molecular weight is 485 g/mol. The number of thiazole rings is 1. The van der Waals surface area contributed by atoms with Crippen LogP contribution in [-0.4, -0.2) is 52.4 Å². The number of hydrogen-bond acceptors (Lipinski definition) is 7. The minimum atomic E-state index is -1.26. The summed E-state index contributed by atoms with van der Waals surface area (Å²) in [7, 11) is 0. The summed E-state index contributed by atoms with van der Waals surface area (Å²) in [5.41, 5.74) is 2.48. The predicted octanol–water partition coefficient (Wildman–Crippen LogP) is 3.71. The Labute approximate surface area is 200 Å². The molecule has 3 aromatic rings. The molecule has 0 saturated carbocycles. The molecule has 1 heterocycles. The quantitative estimate of drug-likeness (QED) is 0.400. The third-order valence-corrected chi connectivity index (χ3v) is 5.27. The SMILES string of the molecule is O=C(O)NCC(CN(Cc1ccccc1)C(=O)OCc1cncs1)NC(=O)Oc1ccccc1. The maximum Gasteiger partial charge on any atom is 0.412 e. The Bertz CT molecular complexity index is 1050. The van der Waals surface area contributed by atoms with Crippen molar-refractivity contribution in [3.8, 4) is 5.75 Å². The molecule has 0 spiro atoms. The van der Waals surface area contributed by atoms with Gasteiger partial charge in [0.15, 0.2) is 0 Å². The van der Waals surface area contributed by atoms with Gasteiger partial charge >= 0.3 is 18.3 Å². The van der Waals surface area contributed by atoms with Gasteiger partial charge in [-0.25, -0.2) is 14.4 Å². The molecule has 0 bridgehead atoms. The van der Waals surface area contributed by atoms with E-state index in [9.17, 15) is 14.4 Å². The van der Waals surface area contributed by atoms with Gasteiger partial charge in [-0.3, -0.25) is 4.98 Å². The lowest BCUT2D eigenvalue weighted by Gasteiger charge is -2.27. The molecule has 1 aromatic heterocycles. The van der Waals surface area contributed by atoms with Crippen LogP contribution in [0.4, 0.5) is 14.4 Å². The second kappa shape index (κ2) is 12.8. The molecule has 34 heavy (non-hydrogen) atoms. The van der Waals surface area contributed by atoms with Crippen molar-refractivity contribution < 1.29 is 29.0 Å². The third-order valence-electron chi connectivity index (χ3n) is 4.51. The highest BCUT2D eigenvalue weighted by atomic mass is 32.1. The first-order valence-corrected chi connectivity index (χ1v) is 11.2. The number of ether oxygens (including phenoxy) is 2. The van der Waals surface area contributed by atoms with Crippen LogP contribution < -0.4 is 15.4 Å². The van der Waals surface area contributed by atoms with Gasteiger partial charge in [0.1, 0.15) is 12.4 Å². The zero-order valence-corrected chi connectivity index (χ0v) is 18.9. The maximum atomic E-state index is 12.9. The van der Waals surface area contributed by atoms with Gasteiger partial charge in [-0.15, -0.1) is 11.3 Å². The molecule has 0 radical (unpaired) electrons. The number of nitrogens with one attached hydrogen (secondary N) is 2. The third kappa shape index (κ3) is 8.43. The summed E-state index contributed by atoms with van der Waals surface area (Å²) in [5, 5.41) is 13.9. The lowest BCUT2D eigenvalue weighted by Crippen LogP contribution is -2.51. The van der Waals surface area contributed by atoms with Crippen molar-refractivity contribution in [2.75, 3.05) is 13.1 Å². The second-order valence-electron chi connectivity index (χ2n) is 7.12. The van der Waals surface area contributed by atoms with Crippen molar-refractivity contribution >= 4 is 29.6 Å². The number of aromatic nitrogens is 1. The number of para-hydroxylation sites is 1. The van der Waals surface area contributed by atoms with Crippen LogP contribution in [0.5, 0.6) is 5.75 Å². The normalized spacial score (nSPS) is 11.2. The zero-order chi connectivity index (χ0) is 24.2. The predicted molar refractivity (Wildman–Crippen MR) is 125 cm³/mol. The molecule has 178 valence electrons. The topological polar surface area (TPSA) is 130 Å². The molecule has 1 atom stereocenters. The van der Waals surface area contributed by atoms with E-state index in [4.69, 9.17) is 14.6 Å². The molecule has 3 N–H and O–H groups in total. The van der Waals surface area contributed by atoms with Crippen molar-refractivity contribution in [3.63, 3.8) is 0 Å². The molecule has 0 aliphatic rings. The number of carbonyl (C=O) groups is 3. The number of rotatable bonds is 10. The number of nitrogens with zero attached hydrogens (tertiary/aromatic N) is 2. The molecule has 0 aliphatic carbocycles. The fourth-order valence-electron chi connectivity index (χ4n) is 2.97. The largest absolute Gasteiger partial charge is 0.465 e. The Kier molecular flexibility index (Phi) is 9.23. The fraction of sp³-hybridized carbons (Fsp3) is 0.217. The molecular formula is C23H24N4O6S. The van der Waals surface area contributed by atoms with Crippen LogP contribution in [0.3, 0.4) is 0 Å². The van der Waals surface area contributed by atoms with Gasteiger partial charge < -0.3 is 30.1 Å². The fourth-order valence-corrected chi connectivity index (χ4v) is 3.48. The van der Waals surface area contributed by atoms with E-state index in [1.807, 2.05) is 30.3 Å². The maximum absolute atomic E-state index is 12.9. The Morgan fingerprint density at radius 3 is 2.41 bits per heavy atom. The van der Waals surface area contributed by atoms with Gasteiger partial charge in [-0.1, -0.05) is 48.5 Å². The van der Waals surface area contributed by atoms with E-state index in [-0.39, 0.29) is 26.2 Å². The van der Waals surface area contributed by atoms with Crippen molar-refractivity contribution in [3.05, 3.63) is 82.8 Å². The van der Waals surface area contributed by atoms with E-state index in [1.165, 1.54) is 16.2 Å². The summed E-state index contributed by atoms with van der Waals surface area (Å²) in [6, 6.07) is 16.9. The summed E-state index contributed by atoms with van der Waals surface area (Å²) in [4.78, 5) is 42.5. The number of amides is 3. The highest BCUT2D eigenvalue weighted by Crippen LogP contribution is 2.12. The summed E-state index contributed by atoms with van der Waals surface area (Å²) in [6.45, 7) is 0.0743. The minimum absolute atomic E-state index is 0.0272. The van der Waals surface area contributed by atoms with Gasteiger partial charge in [0.2, 0.25) is 0 Å². The van der Waals surface area contributed by atoms with E-state index in [0.29, 0.717) is 5.75 Å². The van der Waals surface area contributed by atoms with Crippen molar-refractivity contribution in [2.45, 2.75) is 19.2 Å². The highest BCUT2D eigenvalue weighted by molar-refractivity contribution is 7.09. The highest BCUT2D eigenvalue weighted by Gasteiger charge is 2.23. The first-order chi connectivity index (χ1) is 16.5. The summed E-state index contributed by atoms with van der Waals surface area (Å²) < 4.78 is 10.7. The lowest BCUT2D eigenvalue weighted by molar-refractivity contribution is 0.0900. The number of carbonyl (C=O) groups excluding carboxylic acids is 2. The molecule has 0 saturated heterocycles. The van der Waals surface area contributed by atoms with Crippen LogP contribution >= 0.6 is 11.3 Å². The molecule has 10 nitrogen and oxygen atoms in total. The molecule has 0 fully saturated rings. The van der Waals surface area contributed by atoms with Crippen LogP contribution in [0.15, 0.2) is 72.4 Å². The van der Waals surface area contributed by atoms with Crippen LogP contribution in [0, 0.1) is 0 Å². The second-order valence-corrected chi connectivity index (χ2v) is 8.09. The molecule has 11 heteroatoms. The van der Waals surface area contributed by atoms with Gasteiger partial charge in [0.25, 0.3) is 0 Å². The molecular weight excluding hydrogens is 460 g/mol. The van der Waals surface area contributed by atoms with E-state index in [2.05, 4.69) is 15.6 Å². The Balaban J connectivity index is 1.70. The molecule has 1 unspecified atom stereocenters. The number of hydrogen-bond donors (Lipinski definition) is 3. The zero-order valence-electron chi connectivity index (χ0n) is 18.1. The molecule has 3 amide bonds. The summed E-state index contributed by atoms with van der Waals surface area (Å²) >= 11 is 1.36. The van der Waals surface area contributed by atoms with Crippen molar-refractivity contribution in [1.82, 2.24) is 20.5 Å². The van der Waals surface area contributed by atoms with Crippen molar-refractivity contribution in [2.24, 2.45) is 0 Å². The van der Waals surface area contributed by atoms with Gasteiger partial charge in [-0.05, 0) is 17.7 Å². The molecule has 2 aromatic carbocycles. The van der Waals surface area contributed by atoms with E-state index < -0.39 is 24.3 Å². The monoisotopic (exact) mass is 484 g/mol. The van der Waals surface area contributed by atoms with Crippen LogP contribution in [0.25, 0.3) is 0 Å². The summed E-state index contributed by atoms with van der Waals surface area (Å²) in [5.74, 6) is 0.329. The van der Waals surface area contributed by atoms with E-state index in [1.54, 1.807) is 42.0 Å². The van der Waals surface area contributed by atoms with E-state index in [0.717, 1.165) is 10.4 Å². The van der Waals surface area contributed by atoms with E-state index >= 15 is 0 Å². The number of carboxylic acid groups (broad SMARTS) is 1. The van der Waals surface area contributed by atoms with Gasteiger partial charge in [0, 0.05) is 25.8 Å². The Morgan fingerprint density at radius 1 is 1.06 bits per heavy atom. The van der Waals surface area contributed by atoms with Crippen LogP contribution in [0.1, 0.15) is 10.4 Å². The number of benzene rings is 2. The lowest BCUT2D eigenvalue weighted by atomic mass is 10.2. The van der Waals surface area contributed by atoms with Crippen molar-refractivity contribution in [1.29, 1.82) is 0 Å². The van der Waals surface area contributed by atoms with Crippen LogP contribution in [0.2, 0.25) is 0 Å². The van der Waals surface area contributed by atoms with Gasteiger partial charge in [-0.2, -0.15) is 0 Å². The molecule has 0 aliphatic heterocycles. The average Bonchev–Trinajstić information content (AvgIpc) is 3.35. The van der Waals surface area contributed by atoms with Crippen LogP contribution in [-0.2, 0) is 17.9 Å². The standard InChI is InChI=1S/C23H24N4O6S/c28-21(29)25-11-18(26-22(30)33-19-9-5-2-6-10-19)14-27(13-17-7-3-1-4-8-17)23(31)32-15-20-12-24-16-34-20/h1-10,12,16,18,25H,11,13-15H2,(H,26,30)(H,28,29). The Morgan fingerprint density at radius 2 is 1.76 bits per heavy atom. The molecule has 3 rings (SSSR count). The Hall–Kier alpha value is -4.12. The first kappa shape index (κ1) is 24.5. The summed E-state index contributed by atoms with van der Waals surface area (Å²) in [6.07, 6.45) is -1.04.